The Hall–Kier alpha value is -2.44. The Labute approximate surface area is 109 Å². The molecule has 0 saturated carbocycles. The topological polar surface area (TPSA) is 95.7 Å². The number of nitro groups is 1. The molecule has 0 radical (unpaired) electrons. The number of nitrogens with zero attached hydrogens (tertiary/aromatic N) is 1. The minimum atomic E-state index is -0.662. The van der Waals surface area contributed by atoms with Crippen LogP contribution in [0.3, 0.4) is 0 Å². The van der Waals surface area contributed by atoms with Gasteiger partial charge >= 0.3 is 11.9 Å². The summed E-state index contributed by atoms with van der Waals surface area (Å²) in [5.74, 6) is -1.25. The molecule has 0 heterocycles. The zero-order valence-electron chi connectivity index (χ0n) is 10.8. The highest BCUT2D eigenvalue weighted by Crippen LogP contribution is 2.24. The lowest BCUT2D eigenvalue weighted by Gasteiger charge is -2.07. The molecule has 0 aromatic heterocycles. The van der Waals surface area contributed by atoms with Crippen molar-refractivity contribution in [3.63, 3.8) is 0 Å². The fraction of sp³-hybridized carbons (Fsp3) is 0.333. The molecule has 0 unspecified atom stereocenters. The average molecular weight is 267 g/mol. The fourth-order valence-corrected chi connectivity index (χ4v) is 1.63. The lowest BCUT2D eigenvalue weighted by molar-refractivity contribution is -0.385. The summed E-state index contributed by atoms with van der Waals surface area (Å²) < 4.78 is 9.02. The molecule has 0 amide bonds. The molecule has 0 aliphatic carbocycles. The molecule has 0 N–H and O–H groups in total. The van der Waals surface area contributed by atoms with E-state index in [1.54, 1.807) is 6.92 Å². The van der Waals surface area contributed by atoms with Crippen LogP contribution in [0.15, 0.2) is 12.1 Å². The molecule has 102 valence electrons. The number of aryl methyl sites for hydroxylation is 1. The van der Waals surface area contributed by atoms with Gasteiger partial charge in [0.25, 0.3) is 5.69 Å². The molecule has 1 aromatic carbocycles. The van der Waals surface area contributed by atoms with Crippen molar-refractivity contribution in [2.75, 3.05) is 14.2 Å². The van der Waals surface area contributed by atoms with Gasteiger partial charge in [0.15, 0.2) is 0 Å². The van der Waals surface area contributed by atoms with Crippen molar-refractivity contribution in [2.24, 2.45) is 0 Å². The van der Waals surface area contributed by atoms with Gasteiger partial charge in [0, 0.05) is 11.6 Å². The highest BCUT2D eigenvalue weighted by Gasteiger charge is 2.22. The van der Waals surface area contributed by atoms with Crippen molar-refractivity contribution in [1.82, 2.24) is 0 Å². The predicted molar refractivity (Wildman–Crippen MR) is 64.9 cm³/mol. The van der Waals surface area contributed by atoms with E-state index < -0.39 is 16.9 Å². The van der Waals surface area contributed by atoms with Gasteiger partial charge in [0.1, 0.15) is 0 Å². The molecule has 0 saturated heterocycles. The molecule has 7 heteroatoms. The van der Waals surface area contributed by atoms with Gasteiger partial charge in [0.05, 0.1) is 31.1 Å². The van der Waals surface area contributed by atoms with Gasteiger partial charge in [-0.05, 0) is 18.6 Å². The van der Waals surface area contributed by atoms with Crippen molar-refractivity contribution < 1.29 is 24.0 Å². The largest absolute Gasteiger partial charge is 0.469 e. The molecular weight excluding hydrogens is 254 g/mol. The van der Waals surface area contributed by atoms with E-state index in [4.69, 9.17) is 0 Å². The Morgan fingerprint density at radius 2 is 1.89 bits per heavy atom. The number of benzene rings is 1. The van der Waals surface area contributed by atoms with E-state index in [1.807, 2.05) is 0 Å². The summed E-state index contributed by atoms with van der Waals surface area (Å²) in [7, 11) is 2.39. The van der Waals surface area contributed by atoms with Crippen molar-refractivity contribution in [3.8, 4) is 0 Å². The number of methoxy groups -OCH3 is 2. The molecule has 1 aromatic rings. The van der Waals surface area contributed by atoms with E-state index in [-0.39, 0.29) is 23.2 Å². The first kappa shape index (κ1) is 14.6. The van der Waals surface area contributed by atoms with E-state index in [2.05, 4.69) is 9.47 Å². The van der Waals surface area contributed by atoms with Crippen LogP contribution in [-0.4, -0.2) is 31.1 Å². The number of rotatable bonds is 4. The van der Waals surface area contributed by atoms with E-state index in [0.29, 0.717) is 5.56 Å². The van der Waals surface area contributed by atoms with Gasteiger partial charge in [-0.25, -0.2) is 4.79 Å². The number of hydrogen-bond donors (Lipinski definition) is 0. The van der Waals surface area contributed by atoms with Crippen LogP contribution in [-0.2, 0) is 20.7 Å². The Bertz CT molecular complexity index is 537. The van der Waals surface area contributed by atoms with Crippen LogP contribution in [0.25, 0.3) is 0 Å². The molecule has 19 heavy (non-hydrogen) atoms. The molecule has 0 atom stereocenters. The normalized spacial score (nSPS) is 9.84. The number of ether oxygens (including phenoxy) is 2. The van der Waals surface area contributed by atoms with Crippen molar-refractivity contribution in [2.45, 2.75) is 13.3 Å². The Balaban J connectivity index is 3.33. The summed E-state index contributed by atoms with van der Waals surface area (Å²) in [5, 5.41) is 11.0. The van der Waals surface area contributed by atoms with E-state index in [9.17, 15) is 19.7 Å². The van der Waals surface area contributed by atoms with Crippen LogP contribution in [0.2, 0.25) is 0 Å². The highest BCUT2D eigenvalue weighted by atomic mass is 16.6. The Morgan fingerprint density at radius 1 is 1.26 bits per heavy atom. The molecule has 1 rings (SSSR count). The first-order valence-electron chi connectivity index (χ1n) is 5.33. The lowest BCUT2D eigenvalue weighted by Crippen LogP contribution is -2.10. The monoisotopic (exact) mass is 267 g/mol. The lowest BCUT2D eigenvalue weighted by atomic mass is 10.0. The minimum Gasteiger partial charge on any atom is -0.469 e. The van der Waals surface area contributed by atoms with Crippen LogP contribution in [0, 0.1) is 17.0 Å². The molecule has 0 spiro atoms. The van der Waals surface area contributed by atoms with E-state index in [1.165, 1.54) is 20.3 Å². The van der Waals surface area contributed by atoms with Crippen molar-refractivity contribution >= 4 is 17.6 Å². The molecule has 0 aliphatic rings. The molecular formula is C12H13NO6. The maximum absolute atomic E-state index is 11.5. The van der Waals surface area contributed by atoms with Crippen LogP contribution in [0.5, 0.6) is 0 Å². The minimum absolute atomic E-state index is 0.0998. The SMILES string of the molecule is COC(=O)Cc1cc(C)c(C(=O)OC)cc1[N+](=O)[O-]. The predicted octanol–water partition coefficient (Wildman–Crippen LogP) is 1.41. The third-order valence-corrected chi connectivity index (χ3v) is 2.59. The molecule has 0 fully saturated rings. The first-order chi connectivity index (χ1) is 8.90. The second-order valence-corrected chi connectivity index (χ2v) is 3.80. The maximum Gasteiger partial charge on any atom is 0.338 e. The van der Waals surface area contributed by atoms with Gasteiger partial charge in [-0.15, -0.1) is 0 Å². The van der Waals surface area contributed by atoms with Crippen LogP contribution < -0.4 is 0 Å². The third kappa shape index (κ3) is 3.27. The van der Waals surface area contributed by atoms with Crippen molar-refractivity contribution in [3.05, 3.63) is 38.9 Å². The smallest absolute Gasteiger partial charge is 0.338 e. The Morgan fingerprint density at radius 3 is 2.37 bits per heavy atom. The van der Waals surface area contributed by atoms with Crippen LogP contribution in [0.1, 0.15) is 21.5 Å². The van der Waals surface area contributed by atoms with Crippen LogP contribution >= 0.6 is 0 Å². The summed E-state index contributed by atoms with van der Waals surface area (Å²) in [5.41, 5.74) is 0.484. The summed E-state index contributed by atoms with van der Waals surface area (Å²) >= 11 is 0. The van der Waals surface area contributed by atoms with Gasteiger partial charge in [-0.1, -0.05) is 0 Å². The average Bonchev–Trinajstić information content (AvgIpc) is 2.37. The number of nitro benzene ring substituents is 1. The maximum atomic E-state index is 11.5. The molecule has 7 nitrogen and oxygen atoms in total. The molecule has 0 aliphatic heterocycles. The number of hydrogen-bond acceptors (Lipinski definition) is 6. The number of esters is 2. The fourth-order valence-electron chi connectivity index (χ4n) is 1.63. The zero-order valence-corrected chi connectivity index (χ0v) is 10.8. The zero-order chi connectivity index (χ0) is 14.6. The highest BCUT2D eigenvalue weighted by molar-refractivity contribution is 5.92. The van der Waals surface area contributed by atoms with Gasteiger partial charge < -0.3 is 9.47 Å². The van der Waals surface area contributed by atoms with E-state index >= 15 is 0 Å². The van der Waals surface area contributed by atoms with Gasteiger partial charge in [-0.3, -0.25) is 14.9 Å². The Kier molecular flexibility index (Phi) is 4.57. The second-order valence-electron chi connectivity index (χ2n) is 3.80. The number of carbonyl (C=O) groups excluding carboxylic acids is 2. The summed E-state index contributed by atoms with van der Waals surface area (Å²) in [6, 6.07) is 2.53. The summed E-state index contributed by atoms with van der Waals surface area (Å²) in [6.07, 6.45) is -0.227. The summed E-state index contributed by atoms with van der Waals surface area (Å²) in [6.45, 7) is 1.61. The number of carbonyl (C=O) groups is 2. The second kappa shape index (κ2) is 5.94. The quantitative estimate of drug-likeness (QED) is 0.465. The van der Waals surface area contributed by atoms with Crippen molar-refractivity contribution in [1.29, 1.82) is 0 Å². The molecule has 0 bridgehead atoms. The van der Waals surface area contributed by atoms with Crippen LogP contribution in [0.4, 0.5) is 5.69 Å². The van der Waals surface area contributed by atoms with Gasteiger partial charge in [0.2, 0.25) is 0 Å². The van der Waals surface area contributed by atoms with Gasteiger partial charge in [-0.2, -0.15) is 0 Å². The van der Waals surface area contributed by atoms with E-state index in [0.717, 1.165) is 6.07 Å². The third-order valence-electron chi connectivity index (χ3n) is 2.59. The first-order valence-corrected chi connectivity index (χ1v) is 5.33. The standard InChI is InChI=1S/C12H13NO6/c1-7-4-8(5-11(14)18-2)10(13(16)17)6-9(7)12(15)19-3/h4,6H,5H2,1-3H3. The summed E-state index contributed by atoms with van der Waals surface area (Å²) in [4.78, 5) is 33.0.